The SMILES string of the molecule is COc1ccc(N(C)S(=O)(=O)c2c(Br)cc(F)cc2Br)cc1OC. The van der Waals surface area contributed by atoms with Gasteiger partial charge in [0, 0.05) is 22.1 Å². The number of benzene rings is 2. The third kappa shape index (κ3) is 3.52. The molecule has 130 valence electrons. The molecule has 0 fully saturated rings. The Kier molecular flexibility index (Phi) is 5.77. The number of rotatable bonds is 5. The lowest BCUT2D eigenvalue weighted by molar-refractivity contribution is 0.355. The van der Waals surface area contributed by atoms with Crippen LogP contribution in [0.25, 0.3) is 0 Å². The number of anilines is 1. The molecule has 2 rings (SSSR count). The number of sulfonamides is 1. The lowest BCUT2D eigenvalue weighted by atomic mass is 10.3. The van der Waals surface area contributed by atoms with Gasteiger partial charge in [-0.3, -0.25) is 4.31 Å². The van der Waals surface area contributed by atoms with Gasteiger partial charge in [0.25, 0.3) is 10.0 Å². The van der Waals surface area contributed by atoms with Gasteiger partial charge in [-0.15, -0.1) is 0 Å². The number of nitrogens with zero attached hydrogens (tertiary/aromatic N) is 1. The Bertz CT molecular complexity index is 851. The summed E-state index contributed by atoms with van der Waals surface area (Å²) < 4.78 is 50.9. The van der Waals surface area contributed by atoms with Crippen molar-refractivity contribution in [1.82, 2.24) is 0 Å². The van der Waals surface area contributed by atoms with Crippen LogP contribution in [-0.2, 0) is 10.0 Å². The minimum absolute atomic E-state index is 0.0683. The van der Waals surface area contributed by atoms with E-state index >= 15 is 0 Å². The molecule has 0 radical (unpaired) electrons. The van der Waals surface area contributed by atoms with Gasteiger partial charge in [-0.25, -0.2) is 12.8 Å². The monoisotopic (exact) mass is 481 g/mol. The second-order valence-electron chi connectivity index (χ2n) is 4.71. The topological polar surface area (TPSA) is 55.8 Å². The molecule has 9 heteroatoms. The van der Waals surface area contributed by atoms with Crippen LogP contribution in [-0.4, -0.2) is 29.7 Å². The first-order valence-corrected chi connectivity index (χ1v) is 9.60. The fourth-order valence-corrected chi connectivity index (χ4v) is 5.71. The highest BCUT2D eigenvalue weighted by Crippen LogP contribution is 2.37. The number of ether oxygens (including phenoxy) is 2. The highest BCUT2D eigenvalue weighted by Gasteiger charge is 2.27. The lowest BCUT2D eigenvalue weighted by Gasteiger charge is -2.22. The van der Waals surface area contributed by atoms with Crippen molar-refractivity contribution >= 4 is 47.6 Å². The van der Waals surface area contributed by atoms with Crippen LogP contribution in [0.15, 0.2) is 44.2 Å². The zero-order chi connectivity index (χ0) is 18.1. The number of hydrogen-bond acceptors (Lipinski definition) is 4. The van der Waals surface area contributed by atoms with E-state index < -0.39 is 15.8 Å². The predicted molar refractivity (Wildman–Crippen MR) is 96.9 cm³/mol. The Morgan fingerprint density at radius 2 is 1.54 bits per heavy atom. The van der Waals surface area contributed by atoms with Crippen molar-refractivity contribution in [2.45, 2.75) is 4.90 Å². The first kappa shape index (κ1) is 19.0. The molecule has 2 aromatic rings. The second kappa shape index (κ2) is 7.28. The highest BCUT2D eigenvalue weighted by atomic mass is 79.9. The van der Waals surface area contributed by atoms with E-state index in [-0.39, 0.29) is 13.8 Å². The van der Waals surface area contributed by atoms with Crippen LogP contribution < -0.4 is 13.8 Å². The molecular formula is C15H14Br2FNO4S. The molecule has 0 spiro atoms. The second-order valence-corrected chi connectivity index (χ2v) is 8.33. The van der Waals surface area contributed by atoms with Crippen LogP contribution >= 0.6 is 31.9 Å². The summed E-state index contributed by atoms with van der Waals surface area (Å²) in [6.45, 7) is 0. The van der Waals surface area contributed by atoms with Crippen LogP contribution in [0.2, 0.25) is 0 Å². The van der Waals surface area contributed by atoms with E-state index in [0.29, 0.717) is 17.2 Å². The maximum Gasteiger partial charge on any atom is 0.266 e. The average molecular weight is 483 g/mol. The van der Waals surface area contributed by atoms with Crippen molar-refractivity contribution in [3.8, 4) is 11.5 Å². The Morgan fingerprint density at radius 3 is 2.04 bits per heavy atom. The molecule has 0 atom stereocenters. The molecule has 0 bridgehead atoms. The van der Waals surface area contributed by atoms with Crippen LogP contribution in [0.3, 0.4) is 0 Å². The first-order valence-electron chi connectivity index (χ1n) is 6.58. The molecule has 0 saturated carbocycles. The molecule has 0 saturated heterocycles. The lowest BCUT2D eigenvalue weighted by Crippen LogP contribution is -2.27. The molecule has 0 aromatic heterocycles. The normalized spacial score (nSPS) is 11.2. The van der Waals surface area contributed by atoms with Crippen LogP contribution in [0.4, 0.5) is 10.1 Å². The van der Waals surface area contributed by atoms with Gasteiger partial charge in [0.15, 0.2) is 11.5 Å². The molecular weight excluding hydrogens is 469 g/mol. The fraction of sp³-hybridized carbons (Fsp3) is 0.200. The van der Waals surface area contributed by atoms with Gasteiger partial charge < -0.3 is 9.47 Å². The van der Waals surface area contributed by atoms with Gasteiger partial charge in [0.1, 0.15) is 10.7 Å². The zero-order valence-electron chi connectivity index (χ0n) is 13.0. The van der Waals surface area contributed by atoms with Crippen LogP contribution in [0, 0.1) is 5.82 Å². The third-order valence-electron chi connectivity index (χ3n) is 3.31. The van der Waals surface area contributed by atoms with E-state index in [1.165, 1.54) is 21.3 Å². The molecule has 0 aliphatic heterocycles. The van der Waals surface area contributed by atoms with E-state index in [4.69, 9.17) is 9.47 Å². The summed E-state index contributed by atoms with van der Waals surface area (Å²) in [7, 11) is 0.416. The van der Waals surface area contributed by atoms with Gasteiger partial charge in [-0.1, -0.05) is 0 Å². The molecule has 0 heterocycles. The summed E-state index contributed by atoms with van der Waals surface area (Å²) >= 11 is 6.21. The molecule has 0 amide bonds. The van der Waals surface area contributed by atoms with E-state index in [9.17, 15) is 12.8 Å². The molecule has 5 nitrogen and oxygen atoms in total. The summed E-state index contributed by atoms with van der Waals surface area (Å²) in [6.07, 6.45) is 0. The van der Waals surface area contributed by atoms with E-state index in [0.717, 1.165) is 16.4 Å². The minimum atomic E-state index is -3.94. The Morgan fingerprint density at radius 1 is 1.00 bits per heavy atom. The van der Waals surface area contributed by atoms with E-state index in [1.807, 2.05) is 0 Å². The minimum Gasteiger partial charge on any atom is -0.493 e. The van der Waals surface area contributed by atoms with Crippen molar-refractivity contribution < 1.29 is 22.3 Å². The predicted octanol–water partition coefficient (Wildman–Crippen LogP) is 4.19. The number of halogens is 3. The van der Waals surface area contributed by atoms with Gasteiger partial charge in [0.05, 0.1) is 19.9 Å². The standard InChI is InChI=1S/C15H14Br2FNO4S/c1-19(10-4-5-13(22-2)14(8-10)23-3)24(20,21)15-11(16)6-9(18)7-12(15)17/h4-8H,1-3H3. The summed E-state index contributed by atoms with van der Waals surface area (Å²) in [4.78, 5) is -0.0683. The molecule has 0 aliphatic rings. The highest BCUT2D eigenvalue weighted by molar-refractivity contribution is 9.11. The Labute approximate surface area is 156 Å². The molecule has 0 unspecified atom stereocenters. The zero-order valence-corrected chi connectivity index (χ0v) is 17.0. The van der Waals surface area contributed by atoms with Crippen molar-refractivity contribution in [3.63, 3.8) is 0 Å². The van der Waals surface area contributed by atoms with Gasteiger partial charge in [-0.2, -0.15) is 0 Å². The van der Waals surface area contributed by atoms with Gasteiger partial charge in [0.2, 0.25) is 0 Å². The summed E-state index contributed by atoms with van der Waals surface area (Å²) in [6, 6.07) is 6.93. The summed E-state index contributed by atoms with van der Waals surface area (Å²) in [5, 5.41) is 0. The van der Waals surface area contributed by atoms with Crippen molar-refractivity contribution in [3.05, 3.63) is 45.1 Å². The van der Waals surface area contributed by atoms with E-state index in [1.54, 1.807) is 18.2 Å². The van der Waals surface area contributed by atoms with Crippen LogP contribution in [0.1, 0.15) is 0 Å². The van der Waals surface area contributed by atoms with Crippen LogP contribution in [0.5, 0.6) is 11.5 Å². The maximum absolute atomic E-state index is 13.4. The first-order chi connectivity index (χ1) is 11.2. The number of hydrogen-bond donors (Lipinski definition) is 0. The number of methoxy groups -OCH3 is 2. The molecule has 2 aromatic carbocycles. The van der Waals surface area contributed by atoms with Crippen molar-refractivity contribution in [2.75, 3.05) is 25.6 Å². The average Bonchev–Trinajstić information content (AvgIpc) is 2.52. The summed E-state index contributed by atoms with van der Waals surface area (Å²) in [5.74, 6) is 0.326. The molecule has 0 aliphatic carbocycles. The molecule has 0 N–H and O–H groups in total. The maximum atomic E-state index is 13.4. The van der Waals surface area contributed by atoms with E-state index in [2.05, 4.69) is 31.9 Å². The largest absolute Gasteiger partial charge is 0.493 e. The quantitative estimate of drug-likeness (QED) is 0.641. The third-order valence-corrected chi connectivity index (χ3v) is 6.98. The smallest absolute Gasteiger partial charge is 0.266 e. The van der Waals surface area contributed by atoms with Gasteiger partial charge >= 0.3 is 0 Å². The van der Waals surface area contributed by atoms with Gasteiger partial charge in [-0.05, 0) is 56.1 Å². The molecule has 24 heavy (non-hydrogen) atoms. The Balaban J connectivity index is 2.55. The van der Waals surface area contributed by atoms with Crippen molar-refractivity contribution in [1.29, 1.82) is 0 Å². The fourth-order valence-electron chi connectivity index (χ4n) is 2.07. The van der Waals surface area contributed by atoms with Crippen molar-refractivity contribution in [2.24, 2.45) is 0 Å². The summed E-state index contributed by atoms with van der Waals surface area (Å²) in [5.41, 5.74) is 0.371. The Hall–Kier alpha value is -1.32.